The Morgan fingerprint density at radius 3 is 2.15 bits per heavy atom. The molecule has 0 radical (unpaired) electrons. The number of carbonyl (C=O) groups is 2. The number of alkyl halides is 2. The lowest BCUT2D eigenvalue weighted by Crippen LogP contribution is -2.17. The first-order valence-electron chi connectivity index (χ1n) is 6.04. The summed E-state index contributed by atoms with van der Waals surface area (Å²) < 4.78 is 26.1. The zero-order valence-electron chi connectivity index (χ0n) is 10.8. The number of Topliss-reactive ketones (excluding diaryl/α,β-unsaturated/α-hetero) is 2. The second-order valence-electron chi connectivity index (χ2n) is 4.36. The van der Waals surface area contributed by atoms with Crippen molar-refractivity contribution in [1.29, 1.82) is 0 Å². The van der Waals surface area contributed by atoms with Crippen molar-refractivity contribution >= 4 is 11.6 Å². The van der Waals surface area contributed by atoms with Crippen LogP contribution in [0.3, 0.4) is 0 Å². The molecular formula is C16H12F2O2. The molecule has 2 aromatic carbocycles. The molecule has 2 rings (SSSR count). The SMILES string of the molecule is Cc1cccc(C(=O)C(=O)c2ccccc2)c1C(F)F. The Hall–Kier alpha value is -2.36. The van der Waals surface area contributed by atoms with Gasteiger partial charge in [-0.3, -0.25) is 9.59 Å². The molecule has 2 nitrogen and oxygen atoms in total. The molecule has 0 aliphatic rings. The summed E-state index contributed by atoms with van der Waals surface area (Å²) >= 11 is 0. The van der Waals surface area contributed by atoms with E-state index in [1.54, 1.807) is 18.2 Å². The van der Waals surface area contributed by atoms with Gasteiger partial charge >= 0.3 is 0 Å². The summed E-state index contributed by atoms with van der Waals surface area (Å²) in [7, 11) is 0. The molecule has 2 aromatic rings. The number of ketones is 2. The molecule has 0 bridgehead atoms. The third-order valence-electron chi connectivity index (χ3n) is 3.03. The van der Waals surface area contributed by atoms with Crippen LogP contribution in [0, 0.1) is 6.92 Å². The fraction of sp³-hybridized carbons (Fsp3) is 0.125. The van der Waals surface area contributed by atoms with Crippen LogP contribution < -0.4 is 0 Å². The van der Waals surface area contributed by atoms with Crippen molar-refractivity contribution in [3.05, 3.63) is 70.8 Å². The number of halogens is 2. The Labute approximate surface area is 115 Å². The minimum absolute atomic E-state index is 0.194. The van der Waals surface area contributed by atoms with Gasteiger partial charge in [0.2, 0.25) is 11.6 Å². The summed E-state index contributed by atoms with van der Waals surface area (Å²) in [4.78, 5) is 24.2. The van der Waals surface area contributed by atoms with Crippen LogP contribution in [0.1, 0.15) is 38.3 Å². The van der Waals surface area contributed by atoms with Gasteiger partial charge in [-0.05, 0) is 12.5 Å². The summed E-state index contributed by atoms with van der Waals surface area (Å²) in [6, 6.07) is 12.2. The molecule has 20 heavy (non-hydrogen) atoms. The molecular weight excluding hydrogens is 262 g/mol. The number of benzene rings is 2. The van der Waals surface area contributed by atoms with Crippen LogP contribution in [0.25, 0.3) is 0 Å². The lowest BCUT2D eigenvalue weighted by atomic mass is 9.95. The highest BCUT2D eigenvalue weighted by atomic mass is 19.3. The molecule has 0 N–H and O–H groups in total. The second-order valence-corrected chi connectivity index (χ2v) is 4.36. The normalized spacial score (nSPS) is 10.6. The summed E-state index contributed by atoms with van der Waals surface area (Å²) in [5.41, 5.74) is -0.110. The van der Waals surface area contributed by atoms with Gasteiger partial charge in [0, 0.05) is 16.7 Å². The summed E-state index contributed by atoms with van der Waals surface area (Å²) in [5, 5.41) is 0. The molecule has 0 unspecified atom stereocenters. The standard InChI is InChI=1S/C16H12F2O2/c1-10-6-5-9-12(13(10)16(17)18)15(20)14(19)11-7-3-2-4-8-11/h2-9,16H,1H3. The molecule has 0 saturated carbocycles. The van der Waals surface area contributed by atoms with E-state index in [-0.39, 0.29) is 16.7 Å². The smallest absolute Gasteiger partial charge is 0.264 e. The first-order chi connectivity index (χ1) is 9.52. The highest BCUT2D eigenvalue weighted by Crippen LogP contribution is 2.27. The molecule has 0 saturated heterocycles. The fourth-order valence-electron chi connectivity index (χ4n) is 2.01. The monoisotopic (exact) mass is 274 g/mol. The van der Waals surface area contributed by atoms with Crippen molar-refractivity contribution in [2.45, 2.75) is 13.3 Å². The summed E-state index contributed by atoms with van der Waals surface area (Å²) in [5.74, 6) is -1.69. The Bertz CT molecular complexity index is 649. The largest absolute Gasteiger partial charge is 0.285 e. The Morgan fingerprint density at radius 1 is 0.900 bits per heavy atom. The average molecular weight is 274 g/mol. The minimum atomic E-state index is -2.79. The van der Waals surface area contributed by atoms with Gasteiger partial charge in [0.05, 0.1) is 0 Å². The van der Waals surface area contributed by atoms with Crippen molar-refractivity contribution in [2.75, 3.05) is 0 Å². The zero-order valence-corrected chi connectivity index (χ0v) is 10.8. The maximum Gasteiger partial charge on any atom is 0.264 e. The van der Waals surface area contributed by atoms with E-state index >= 15 is 0 Å². The van der Waals surface area contributed by atoms with Crippen LogP contribution in [0.5, 0.6) is 0 Å². The maximum absolute atomic E-state index is 13.1. The van der Waals surface area contributed by atoms with Gasteiger partial charge in [-0.2, -0.15) is 0 Å². The van der Waals surface area contributed by atoms with E-state index in [0.717, 1.165) is 0 Å². The minimum Gasteiger partial charge on any atom is -0.285 e. The molecule has 0 heterocycles. The molecule has 0 aromatic heterocycles. The van der Waals surface area contributed by atoms with Crippen molar-refractivity contribution in [1.82, 2.24) is 0 Å². The third kappa shape index (κ3) is 2.64. The molecule has 0 atom stereocenters. The van der Waals surface area contributed by atoms with Gasteiger partial charge < -0.3 is 0 Å². The summed E-state index contributed by atoms with van der Waals surface area (Å²) in [6.07, 6.45) is -2.79. The predicted octanol–water partition coefficient (Wildman–Crippen LogP) is 4.00. The van der Waals surface area contributed by atoms with Crippen molar-refractivity contribution < 1.29 is 18.4 Å². The fourth-order valence-corrected chi connectivity index (χ4v) is 2.01. The van der Waals surface area contributed by atoms with Crippen LogP contribution in [0.4, 0.5) is 8.78 Å². The molecule has 0 aliphatic heterocycles. The van der Waals surface area contributed by atoms with E-state index in [9.17, 15) is 18.4 Å². The lowest BCUT2D eigenvalue weighted by molar-refractivity contribution is 0.0811. The van der Waals surface area contributed by atoms with E-state index in [0.29, 0.717) is 5.56 Å². The van der Waals surface area contributed by atoms with E-state index < -0.39 is 18.0 Å². The van der Waals surface area contributed by atoms with Gasteiger partial charge in [0.25, 0.3) is 6.43 Å². The van der Waals surface area contributed by atoms with Gasteiger partial charge in [0.15, 0.2) is 0 Å². The number of aryl methyl sites for hydroxylation is 1. The molecule has 0 spiro atoms. The van der Waals surface area contributed by atoms with Crippen LogP contribution in [0.2, 0.25) is 0 Å². The first-order valence-corrected chi connectivity index (χ1v) is 6.04. The Balaban J connectivity index is 2.45. The van der Waals surface area contributed by atoms with Gasteiger partial charge in [0.1, 0.15) is 0 Å². The van der Waals surface area contributed by atoms with Crippen molar-refractivity contribution in [2.24, 2.45) is 0 Å². The number of hydrogen-bond acceptors (Lipinski definition) is 2. The van der Waals surface area contributed by atoms with Crippen LogP contribution in [0.15, 0.2) is 48.5 Å². The second kappa shape index (κ2) is 5.74. The number of rotatable bonds is 4. The van der Waals surface area contributed by atoms with Gasteiger partial charge in [-0.1, -0.05) is 48.5 Å². The number of carbonyl (C=O) groups excluding carboxylic acids is 2. The molecule has 0 aliphatic carbocycles. The van der Waals surface area contributed by atoms with E-state index in [1.807, 2.05) is 0 Å². The van der Waals surface area contributed by atoms with E-state index in [4.69, 9.17) is 0 Å². The highest BCUT2D eigenvalue weighted by molar-refractivity contribution is 6.49. The average Bonchev–Trinajstić information content (AvgIpc) is 2.46. The van der Waals surface area contributed by atoms with Crippen LogP contribution in [-0.2, 0) is 0 Å². The van der Waals surface area contributed by atoms with Crippen LogP contribution >= 0.6 is 0 Å². The molecule has 102 valence electrons. The maximum atomic E-state index is 13.1. The van der Waals surface area contributed by atoms with E-state index in [1.165, 1.54) is 37.3 Å². The topological polar surface area (TPSA) is 34.1 Å². The van der Waals surface area contributed by atoms with Crippen LogP contribution in [-0.4, -0.2) is 11.6 Å². The number of hydrogen-bond donors (Lipinski definition) is 0. The van der Waals surface area contributed by atoms with E-state index in [2.05, 4.69) is 0 Å². The van der Waals surface area contributed by atoms with Crippen molar-refractivity contribution in [3.8, 4) is 0 Å². The third-order valence-corrected chi connectivity index (χ3v) is 3.03. The van der Waals surface area contributed by atoms with Gasteiger partial charge in [-0.15, -0.1) is 0 Å². The zero-order chi connectivity index (χ0) is 14.7. The highest BCUT2D eigenvalue weighted by Gasteiger charge is 2.25. The van der Waals surface area contributed by atoms with Gasteiger partial charge in [-0.25, -0.2) is 8.78 Å². The quantitative estimate of drug-likeness (QED) is 0.624. The molecule has 0 amide bonds. The molecule has 0 fully saturated rings. The first kappa shape index (κ1) is 14.1. The summed E-state index contributed by atoms with van der Waals surface area (Å²) in [6.45, 7) is 1.49. The predicted molar refractivity (Wildman–Crippen MR) is 71.2 cm³/mol. The Morgan fingerprint density at radius 2 is 1.55 bits per heavy atom. The Kier molecular flexibility index (Phi) is 4.03. The molecule has 4 heteroatoms. The lowest BCUT2D eigenvalue weighted by Gasteiger charge is -2.10. The van der Waals surface area contributed by atoms with Crippen molar-refractivity contribution in [3.63, 3.8) is 0 Å².